The summed E-state index contributed by atoms with van der Waals surface area (Å²) in [5.41, 5.74) is 8.88. The summed E-state index contributed by atoms with van der Waals surface area (Å²) in [5, 5.41) is 0. The maximum Gasteiger partial charge on any atom is 0.122 e. The monoisotopic (exact) mass is 203 g/mol. The van der Waals surface area contributed by atoms with Crippen LogP contribution in [0.4, 0.5) is 0 Å². The molecule has 1 aliphatic heterocycles. The first-order valence-corrected chi connectivity index (χ1v) is 5.86. The van der Waals surface area contributed by atoms with Crippen LogP contribution in [0.5, 0.6) is 5.75 Å². The van der Waals surface area contributed by atoms with Gasteiger partial charge in [-0.3, -0.25) is 0 Å². The molecule has 1 aromatic carbocycles. The lowest BCUT2D eigenvalue weighted by Crippen LogP contribution is -2.26. The highest BCUT2D eigenvalue weighted by atomic mass is 16.5. The van der Waals surface area contributed by atoms with E-state index in [2.05, 4.69) is 18.2 Å². The van der Waals surface area contributed by atoms with Crippen molar-refractivity contribution in [2.75, 3.05) is 6.61 Å². The maximum atomic E-state index is 6.25. The molecule has 1 aromatic rings. The molecule has 1 heterocycles. The molecule has 15 heavy (non-hydrogen) atoms. The van der Waals surface area contributed by atoms with Gasteiger partial charge < -0.3 is 10.5 Å². The summed E-state index contributed by atoms with van der Waals surface area (Å²) in [5.74, 6) is 1.77. The van der Waals surface area contributed by atoms with E-state index in [4.69, 9.17) is 10.5 Å². The van der Waals surface area contributed by atoms with Gasteiger partial charge in [0.2, 0.25) is 0 Å². The Morgan fingerprint density at radius 1 is 1.33 bits per heavy atom. The van der Waals surface area contributed by atoms with Crippen LogP contribution in [0.25, 0.3) is 0 Å². The highest BCUT2D eigenvalue weighted by Gasteiger charge is 2.26. The molecule has 1 aliphatic carbocycles. The summed E-state index contributed by atoms with van der Waals surface area (Å²) in [7, 11) is 0. The van der Waals surface area contributed by atoms with Crippen LogP contribution in [0.3, 0.4) is 0 Å². The predicted octanol–water partition coefficient (Wildman–Crippen LogP) is 2.42. The highest BCUT2D eigenvalue weighted by Crippen LogP contribution is 2.37. The molecule has 2 nitrogen and oxygen atoms in total. The molecule has 0 spiro atoms. The number of ether oxygens (including phenoxy) is 1. The van der Waals surface area contributed by atoms with Crippen molar-refractivity contribution >= 4 is 0 Å². The summed E-state index contributed by atoms with van der Waals surface area (Å²) < 4.78 is 5.49. The van der Waals surface area contributed by atoms with Gasteiger partial charge in [0.25, 0.3) is 0 Å². The number of nitrogens with two attached hydrogens (primary N) is 1. The Kier molecular flexibility index (Phi) is 2.17. The summed E-state index contributed by atoms with van der Waals surface area (Å²) in [4.78, 5) is 0. The first-order valence-electron chi connectivity index (χ1n) is 5.86. The SMILES string of the molecule is N[C@@H](c1ccc2c(c1)CCO2)C1CCC1. The standard InChI is InChI=1S/C13H17NO/c14-13(9-2-1-3-9)11-4-5-12-10(8-11)6-7-15-12/h4-5,8-9,13H,1-3,6-7,14H2/t13-/m1/s1. The largest absolute Gasteiger partial charge is 0.493 e. The van der Waals surface area contributed by atoms with Crippen molar-refractivity contribution in [1.29, 1.82) is 0 Å². The summed E-state index contributed by atoms with van der Waals surface area (Å²) in [6.45, 7) is 0.831. The minimum Gasteiger partial charge on any atom is -0.493 e. The number of hydrogen-bond acceptors (Lipinski definition) is 2. The van der Waals surface area contributed by atoms with Crippen LogP contribution in [0.15, 0.2) is 18.2 Å². The fourth-order valence-corrected chi connectivity index (χ4v) is 2.48. The van der Waals surface area contributed by atoms with Crippen LogP contribution in [0.2, 0.25) is 0 Å². The molecule has 0 radical (unpaired) electrons. The number of hydrogen-bond donors (Lipinski definition) is 1. The second-order valence-electron chi connectivity index (χ2n) is 4.68. The van der Waals surface area contributed by atoms with E-state index in [1.165, 1.54) is 30.4 Å². The molecule has 80 valence electrons. The topological polar surface area (TPSA) is 35.2 Å². The van der Waals surface area contributed by atoms with Crippen LogP contribution in [-0.4, -0.2) is 6.61 Å². The molecule has 2 heteroatoms. The molecule has 0 amide bonds. The third-order valence-corrected chi connectivity index (χ3v) is 3.76. The van der Waals surface area contributed by atoms with Crippen molar-refractivity contribution in [3.63, 3.8) is 0 Å². The quantitative estimate of drug-likeness (QED) is 0.801. The Morgan fingerprint density at radius 2 is 2.20 bits per heavy atom. The Bertz CT molecular complexity index is 371. The summed E-state index contributed by atoms with van der Waals surface area (Å²) in [6, 6.07) is 6.69. The Hall–Kier alpha value is -1.02. The van der Waals surface area contributed by atoms with Gasteiger partial charge >= 0.3 is 0 Å². The molecule has 1 fully saturated rings. The molecular weight excluding hydrogens is 186 g/mol. The van der Waals surface area contributed by atoms with Gasteiger partial charge in [0.1, 0.15) is 5.75 Å². The second kappa shape index (κ2) is 3.53. The average molecular weight is 203 g/mol. The molecule has 0 unspecified atom stereocenters. The molecule has 0 bridgehead atoms. The zero-order chi connectivity index (χ0) is 10.3. The van der Waals surface area contributed by atoms with E-state index in [9.17, 15) is 0 Å². The minimum atomic E-state index is 0.240. The van der Waals surface area contributed by atoms with E-state index in [0.717, 1.165) is 18.8 Å². The molecule has 0 saturated heterocycles. The van der Waals surface area contributed by atoms with Crippen molar-refractivity contribution in [2.45, 2.75) is 31.7 Å². The van der Waals surface area contributed by atoms with Gasteiger partial charge in [0.15, 0.2) is 0 Å². The Morgan fingerprint density at radius 3 is 2.93 bits per heavy atom. The van der Waals surface area contributed by atoms with Gasteiger partial charge in [0, 0.05) is 12.5 Å². The van der Waals surface area contributed by atoms with Gasteiger partial charge in [-0.1, -0.05) is 18.6 Å². The van der Waals surface area contributed by atoms with Gasteiger partial charge in [-0.15, -0.1) is 0 Å². The lowest BCUT2D eigenvalue weighted by molar-refractivity contribution is 0.264. The minimum absolute atomic E-state index is 0.240. The molecule has 0 aromatic heterocycles. The normalized spacial score (nSPS) is 21.7. The lowest BCUT2D eigenvalue weighted by Gasteiger charge is -2.31. The summed E-state index contributed by atoms with van der Waals surface area (Å²) in [6.07, 6.45) is 5.00. The Labute approximate surface area is 90.4 Å². The molecule has 1 atom stereocenters. The van der Waals surface area contributed by atoms with Crippen molar-refractivity contribution in [3.8, 4) is 5.75 Å². The van der Waals surface area contributed by atoms with Crippen molar-refractivity contribution in [2.24, 2.45) is 11.7 Å². The van der Waals surface area contributed by atoms with Gasteiger partial charge in [-0.2, -0.15) is 0 Å². The van der Waals surface area contributed by atoms with Crippen molar-refractivity contribution in [3.05, 3.63) is 29.3 Å². The van der Waals surface area contributed by atoms with E-state index < -0.39 is 0 Å². The Balaban J connectivity index is 1.85. The first kappa shape index (κ1) is 9.22. The van der Waals surface area contributed by atoms with E-state index in [0.29, 0.717) is 5.92 Å². The van der Waals surface area contributed by atoms with E-state index in [-0.39, 0.29) is 6.04 Å². The predicted molar refractivity (Wildman–Crippen MR) is 59.9 cm³/mol. The average Bonchev–Trinajstić information content (AvgIpc) is 2.61. The zero-order valence-electron chi connectivity index (χ0n) is 8.91. The molecule has 1 saturated carbocycles. The fourth-order valence-electron chi connectivity index (χ4n) is 2.48. The third-order valence-electron chi connectivity index (χ3n) is 3.76. The molecular formula is C13H17NO. The second-order valence-corrected chi connectivity index (χ2v) is 4.68. The zero-order valence-corrected chi connectivity index (χ0v) is 8.91. The van der Waals surface area contributed by atoms with Crippen LogP contribution in [0, 0.1) is 5.92 Å². The maximum absolute atomic E-state index is 6.25. The van der Waals surface area contributed by atoms with Crippen molar-refractivity contribution in [1.82, 2.24) is 0 Å². The third kappa shape index (κ3) is 1.53. The van der Waals surface area contributed by atoms with Gasteiger partial charge in [-0.25, -0.2) is 0 Å². The van der Waals surface area contributed by atoms with Crippen LogP contribution in [-0.2, 0) is 6.42 Å². The highest BCUT2D eigenvalue weighted by molar-refractivity contribution is 5.40. The van der Waals surface area contributed by atoms with Crippen LogP contribution in [0.1, 0.15) is 36.4 Å². The number of benzene rings is 1. The van der Waals surface area contributed by atoms with Crippen molar-refractivity contribution < 1.29 is 4.74 Å². The van der Waals surface area contributed by atoms with Gasteiger partial charge in [0.05, 0.1) is 6.61 Å². The smallest absolute Gasteiger partial charge is 0.122 e. The van der Waals surface area contributed by atoms with E-state index in [1.807, 2.05) is 0 Å². The fraction of sp³-hybridized carbons (Fsp3) is 0.538. The summed E-state index contributed by atoms with van der Waals surface area (Å²) >= 11 is 0. The number of fused-ring (bicyclic) bond motifs is 1. The van der Waals surface area contributed by atoms with Gasteiger partial charge in [-0.05, 0) is 36.0 Å². The molecule has 2 N–H and O–H groups in total. The van der Waals surface area contributed by atoms with Crippen LogP contribution >= 0.6 is 0 Å². The van der Waals surface area contributed by atoms with Crippen LogP contribution < -0.4 is 10.5 Å². The molecule has 3 rings (SSSR count). The first-order chi connectivity index (χ1) is 7.34. The lowest BCUT2D eigenvalue weighted by atomic mass is 9.77. The van der Waals surface area contributed by atoms with E-state index >= 15 is 0 Å². The molecule has 2 aliphatic rings. The van der Waals surface area contributed by atoms with E-state index in [1.54, 1.807) is 0 Å². The number of rotatable bonds is 2.